The van der Waals surface area contributed by atoms with Gasteiger partial charge in [-0.3, -0.25) is 57.5 Å². The molecule has 2 aromatic heterocycles. The molecule has 6 aromatic rings. The van der Waals surface area contributed by atoms with Gasteiger partial charge >= 0.3 is 0 Å². The highest BCUT2D eigenvalue weighted by atomic mass is 16.5. The summed E-state index contributed by atoms with van der Waals surface area (Å²) in [5.41, 5.74) is 1.82. The van der Waals surface area contributed by atoms with Crippen molar-refractivity contribution in [1.29, 1.82) is 0 Å². The first-order valence-electron chi connectivity index (χ1n) is 37.9. The summed E-state index contributed by atoms with van der Waals surface area (Å²) in [5, 5.41) is 45.5. The van der Waals surface area contributed by atoms with Crippen molar-refractivity contribution < 1.29 is 76.5 Å². The van der Waals surface area contributed by atoms with Crippen LogP contribution >= 0.6 is 0 Å². The van der Waals surface area contributed by atoms with Crippen molar-refractivity contribution in [2.24, 2.45) is 0 Å². The minimum atomic E-state index is -1.23. The third-order valence-corrected chi connectivity index (χ3v) is 18.9. The predicted molar refractivity (Wildman–Crippen MR) is 404 cm³/mol. The molecule has 34 nitrogen and oxygen atoms in total. The maximum Gasteiger partial charge on any atom is 0.290 e. The molecule has 2 fully saturated rings. The molecule has 4 aliphatic heterocycles. The zero-order valence-corrected chi connectivity index (χ0v) is 64.9. The van der Waals surface area contributed by atoms with Gasteiger partial charge in [0.05, 0.1) is 87.7 Å². The number of aromatic nitrogens is 8. The van der Waals surface area contributed by atoms with Gasteiger partial charge in [-0.2, -0.15) is 0 Å². The van der Waals surface area contributed by atoms with Gasteiger partial charge < -0.3 is 71.3 Å². The number of nitrogens with one attached hydrogen (secondary N) is 8. The van der Waals surface area contributed by atoms with Crippen molar-refractivity contribution in [3.63, 3.8) is 0 Å². The molecule has 2 saturated heterocycles. The second-order valence-electron chi connectivity index (χ2n) is 30.0. The van der Waals surface area contributed by atoms with Crippen LogP contribution in [0.2, 0.25) is 0 Å². The number of benzene rings is 4. The zero-order chi connectivity index (χ0) is 80.8. The number of nitrogens with zero attached hydrogens (tertiary/aromatic N) is 10. The Morgan fingerprint density at radius 2 is 0.893 bits per heavy atom. The third kappa shape index (κ3) is 23.3. The quantitative estimate of drug-likeness (QED) is 0.0452. The highest BCUT2D eigenvalue weighted by molar-refractivity contribution is 6.39. The molecule has 600 valence electrons. The van der Waals surface area contributed by atoms with Gasteiger partial charge in [-0.25, -0.2) is 9.36 Å². The number of carbonyl (C=O) groups is 12. The Bertz CT molecular complexity index is 4030. The highest BCUT2D eigenvalue weighted by Gasteiger charge is 2.45. The highest BCUT2D eigenvalue weighted by Crippen LogP contribution is 2.29. The van der Waals surface area contributed by atoms with Crippen molar-refractivity contribution in [3.8, 4) is 11.5 Å². The number of rotatable bonds is 22. The monoisotopic (exact) mass is 1550 g/mol. The van der Waals surface area contributed by atoms with E-state index >= 15 is 0 Å². The molecular formula is C78H102N18O16. The average Bonchev–Trinajstić information content (AvgIpc) is 1.60. The van der Waals surface area contributed by atoms with Crippen LogP contribution in [0.25, 0.3) is 0 Å². The van der Waals surface area contributed by atoms with Gasteiger partial charge in [-0.05, 0) is 136 Å². The zero-order valence-electron chi connectivity index (χ0n) is 64.9. The van der Waals surface area contributed by atoms with E-state index in [-0.39, 0.29) is 63.4 Å². The summed E-state index contributed by atoms with van der Waals surface area (Å²) in [4.78, 5) is 163. The Kier molecular flexibility index (Phi) is 29.8. The summed E-state index contributed by atoms with van der Waals surface area (Å²) >= 11 is 0. The summed E-state index contributed by atoms with van der Waals surface area (Å²) in [6.07, 6.45) is 1.58. The van der Waals surface area contributed by atoms with Crippen LogP contribution in [0.5, 0.6) is 11.5 Å². The summed E-state index contributed by atoms with van der Waals surface area (Å²) < 4.78 is 27.0. The average molecular weight is 1550 g/mol. The van der Waals surface area contributed by atoms with Crippen LogP contribution in [0, 0.1) is 0 Å². The van der Waals surface area contributed by atoms with E-state index in [0.29, 0.717) is 97.5 Å². The summed E-state index contributed by atoms with van der Waals surface area (Å²) in [5.74, 6) is -6.21. The number of carbonyl (C=O) groups excluding carboxylic acids is 12. The van der Waals surface area contributed by atoms with Gasteiger partial charge in [0.2, 0.25) is 58.8 Å². The number of hydrogen-bond acceptors (Lipinski definition) is 22. The molecule has 10 rings (SSSR count). The lowest BCUT2D eigenvalue weighted by molar-refractivity contribution is -0.143. The lowest BCUT2D eigenvalue weighted by Crippen LogP contribution is -2.56. The van der Waals surface area contributed by atoms with E-state index < -0.39 is 144 Å². The van der Waals surface area contributed by atoms with Gasteiger partial charge in [0, 0.05) is 38.8 Å². The van der Waals surface area contributed by atoms with Crippen molar-refractivity contribution in [2.45, 2.75) is 205 Å². The van der Waals surface area contributed by atoms with E-state index in [9.17, 15) is 57.5 Å². The molecule has 34 heteroatoms. The Labute approximate surface area is 649 Å². The van der Waals surface area contributed by atoms with E-state index in [0.717, 1.165) is 0 Å². The second-order valence-corrected chi connectivity index (χ2v) is 30.0. The molecule has 8 bridgehead atoms. The van der Waals surface area contributed by atoms with E-state index in [1.807, 2.05) is 102 Å². The lowest BCUT2D eigenvalue weighted by Gasteiger charge is -2.28. The SMILES string of the molecule is CCCC(NC(=O)[C@@H]1C[C@@H]2CN1C(=O)[C@H](C)NC(=O)Cc1cccc(c1)OCCCO2)C(=O)C(=O)NCC(=O)NC(c1ccccc1)c1nnnn1C(C)(C)C.CCCC(NC(=O)[C@@H]1C[C@@H]2CN1C(=O)[C@H](C)NC(=O)Cc1cccc(c1)OCCCO2)C(=O)C(=O)NCC(=O)NC(c1ccccc1)c1nnnn1C(C)(C)C. The summed E-state index contributed by atoms with van der Waals surface area (Å²) in [7, 11) is 0. The Morgan fingerprint density at radius 3 is 1.26 bits per heavy atom. The maximum atomic E-state index is 13.9. The van der Waals surface area contributed by atoms with E-state index in [4.69, 9.17) is 18.9 Å². The van der Waals surface area contributed by atoms with Crippen molar-refractivity contribution in [2.75, 3.05) is 52.6 Å². The number of amides is 10. The van der Waals surface area contributed by atoms with Gasteiger partial charge in [-0.1, -0.05) is 112 Å². The van der Waals surface area contributed by atoms with Gasteiger partial charge in [0.15, 0.2) is 11.6 Å². The molecule has 0 saturated carbocycles. The minimum Gasteiger partial charge on any atom is -0.493 e. The first-order chi connectivity index (χ1) is 53.5. The van der Waals surface area contributed by atoms with Crippen molar-refractivity contribution >= 4 is 70.6 Å². The second kappa shape index (κ2) is 39.5. The first kappa shape index (κ1) is 84.6. The molecule has 0 radical (unpaired) electrons. The molecule has 10 amide bonds. The molecule has 4 unspecified atom stereocenters. The number of ether oxygens (including phenoxy) is 4. The van der Waals surface area contributed by atoms with Gasteiger partial charge in [0.1, 0.15) is 47.8 Å². The fourth-order valence-corrected chi connectivity index (χ4v) is 13.4. The predicted octanol–water partition coefficient (Wildman–Crippen LogP) is 2.24. The summed E-state index contributed by atoms with van der Waals surface area (Å²) in [6, 6.07) is 24.5. The number of fused-ring (bicyclic) bond motifs is 8. The standard InChI is InChI=1S/2C39H51N9O8/c2*1-6-12-29(34(51)37(53)40-22-32(50)43-33(26-14-8-7-9-15-26)35-44-45-46-48(35)39(3,4)5)42-36(52)30-21-28-23-47(30)38(54)24(2)41-31(49)20-25-13-10-16-27(19-25)55-17-11-18-56-28/h2*7-10,13-16,19,24,28-30,33H,6,11-12,17-18,20-23H2,1-5H3,(H,40,53)(H,41,49)(H,42,52)(H,43,50)/t2*24-,28+,29?,30-,33?/m00/s1. The minimum absolute atomic E-state index is 0.0279. The molecule has 112 heavy (non-hydrogen) atoms. The molecular weight excluding hydrogens is 1440 g/mol. The molecule has 4 aromatic carbocycles. The molecule has 0 spiro atoms. The molecule has 0 aliphatic carbocycles. The summed E-state index contributed by atoms with van der Waals surface area (Å²) in [6.45, 7) is 18.6. The Hall–Kier alpha value is -11.4. The topological polar surface area (TPSA) is 432 Å². The fraction of sp³-hybridized carbons (Fsp3) is 0.513. The number of tetrazole rings is 2. The molecule has 4 aliphatic rings. The van der Waals surface area contributed by atoms with Gasteiger partial charge in [0.25, 0.3) is 11.8 Å². The van der Waals surface area contributed by atoms with Gasteiger partial charge in [-0.15, -0.1) is 10.2 Å². The van der Waals surface area contributed by atoms with Crippen LogP contribution in [0.4, 0.5) is 0 Å². The molecule has 6 heterocycles. The smallest absolute Gasteiger partial charge is 0.290 e. The van der Waals surface area contributed by atoms with Crippen molar-refractivity contribution in [3.05, 3.63) is 143 Å². The van der Waals surface area contributed by atoms with E-state index in [1.165, 1.54) is 9.80 Å². The van der Waals surface area contributed by atoms with Crippen LogP contribution in [-0.4, -0.2) is 222 Å². The van der Waals surface area contributed by atoms with Crippen LogP contribution in [0.1, 0.15) is 167 Å². The number of ketones is 2. The van der Waals surface area contributed by atoms with Crippen LogP contribution in [0.3, 0.4) is 0 Å². The fourth-order valence-electron chi connectivity index (χ4n) is 13.4. The van der Waals surface area contributed by atoms with Crippen molar-refractivity contribution in [1.82, 2.24) is 92.7 Å². The van der Waals surface area contributed by atoms with Crippen LogP contribution in [-0.2, 0) is 90.9 Å². The lowest BCUT2D eigenvalue weighted by atomic mass is 10.0. The first-order valence-corrected chi connectivity index (χ1v) is 37.9. The normalized spacial score (nSPS) is 20.2. The Morgan fingerprint density at radius 1 is 0.509 bits per heavy atom. The Balaban J connectivity index is 0.000000257. The third-order valence-electron chi connectivity index (χ3n) is 18.9. The van der Waals surface area contributed by atoms with Crippen LogP contribution < -0.4 is 52.0 Å². The molecule has 10 atom stereocenters. The maximum absolute atomic E-state index is 13.9. The number of hydrogen-bond donors (Lipinski definition) is 8. The largest absolute Gasteiger partial charge is 0.493 e. The van der Waals surface area contributed by atoms with E-state index in [2.05, 4.69) is 73.6 Å². The number of Topliss-reactive ketones (excluding diaryl/α,β-unsaturated/α-hetero) is 2. The van der Waals surface area contributed by atoms with E-state index in [1.54, 1.807) is 85.6 Å². The molecule has 8 N–H and O–H groups in total. The van der Waals surface area contributed by atoms with Crippen LogP contribution in [0.15, 0.2) is 109 Å².